The summed E-state index contributed by atoms with van der Waals surface area (Å²) < 4.78 is 32.4. The van der Waals surface area contributed by atoms with E-state index in [1.54, 1.807) is 19.1 Å². The van der Waals surface area contributed by atoms with Gasteiger partial charge in [-0.05, 0) is 49.1 Å². The van der Waals surface area contributed by atoms with Crippen molar-refractivity contribution in [3.63, 3.8) is 0 Å². The second-order valence-electron chi connectivity index (χ2n) is 11.5. The molecule has 216 valence electrons. The number of carbonyl (C=O) groups is 2. The number of hydrogen-bond donors (Lipinski definition) is 3. The van der Waals surface area contributed by atoms with Crippen LogP contribution in [0.3, 0.4) is 0 Å². The monoisotopic (exact) mass is 564 g/mol. The van der Waals surface area contributed by atoms with Crippen LogP contribution in [0.25, 0.3) is 0 Å². The minimum Gasteiger partial charge on any atom is -0.473 e. The molecule has 1 spiro atoms. The topological polar surface area (TPSA) is 98.8 Å². The lowest BCUT2D eigenvalue weighted by molar-refractivity contribution is -0.147. The third-order valence-corrected chi connectivity index (χ3v) is 8.57. The largest absolute Gasteiger partial charge is 0.473 e. The van der Waals surface area contributed by atoms with E-state index in [9.17, 15) is 18.4 Å². The van der Waals surface area contributed by atoms with Gasteiger partial charge in [0, 0.05) is 69.2 Å². The molecule has 9 nitrogen and oxygen atoms in total. The smallest absolute Gasteiger partial charge is 0.286 e. The molecular formula is C30H34F2N6O3. The maximum Gasteiger partial charge on any atom is 0.286 e. The SMILES string of the molecule is CC(=O)N1CCC12CN(c1ccc(CNC(=O)C3(C4=CC=C(OCc5ccc(C(C)(F)F)nc5)NN4)CC3)cc1)C2. The molecule has 3 aliphatic heterocycles. The van der Waals surface area contributed by atoms with Crippen LogP contribution in [-0.2, 0) is 33.4 Å². The van der Waals surface area contributed by atoms with Crippen molar-refractivity contribution in [2.45, 2.75) is 57.7 Å². The van der Waals surface area contributed by atoms with E-state index in [0.29, 0.717) is 18.0 Å². The van der Waals surface area contributed by atoms with Gasteiger partial charge in [0.2, 0.25) is 17.7 Å². The van der Waals surface area contributed by atoms with E-state index in [1.807, 2.05) is 23.1 Å². The van der Waals surface area contributed by atoms with Gasteiger partial charge in [0.25, 0.3) is 5.92 Å². The number of amides is 2. The zero-order valence-electron chi connectivity index (χ0n) is 23.2. The van der Waals surface area contributed by atoms with Crippen LogP contribution in [-0.4, -0.2) is 46.9 Å². The van der Waals surface area contributed by atoms with Crippen molar-refractivity contribution in [2.75, 3.05) is 24.5 Å². The highest BCUT2D eigenvalue weighted by Gasteiger charge is 2.55. The summed E-state index contributed by atoms with van der Waals surface area (Å²) in [5, 5.41) is 3.08. The lowest BCUT2D eigenvalue weighted by Crippen LogP contribution is -2.77. The van der Waals surface area contributed by atoms with Crippen molar-refractivity contribution in [1.82, 2.24) is 26.1 Å². The van der Waals surface area contributed by atoms with Crippen LogP contribution < -0.4 is 21.1 Å². The first-order valence-corrected chi connectivity index (χ1v) is 13.9. The molecule has 0 bridgehead atoms. The van der Waals surface area contributed by atoms with Crippen LogP contribution in [0.4, 0.5) is 14.5 Å². The van der Waals surface area contributed by atoms with Crippen LogP contribution in [0.1, 0.15) is 49.9 Å². The van der Waals surface area contributed by atoms with E-state index >= 15 is 0 Å². The number of nitrogens with one attached hydrogen (secondary N) is 3. The Morgan fingerprint density at radius 2 is 1.78 bits per heavy atom. The maximum absolute atomic E-state index is 13.3. The molecule has 1 aromatic heterocycles. The number of ether oxygens (including phenoxy) is 1. The third kappa shape index (κ3) is 5.20. The number of likely N-dealkylation sites (tertiary alicyclic amines) is 1. The maximum atomic E-state index is 13.3. The Kier molecular flexibility index (Phi) is 6.62. The molecule has 11 heteroatoms. The molecule has 1 aliphatic carbocycles. The van der Waals surface area contributed by atoms with E-state index in [1.165, 1.54) is 12.3 Å². The molecule has 1 aromatic carbocycles. The first-order valence-electron chi connectivity index (χ1n) is 13.9. The highest BCUT2D eigenvalue weighted by Crippen LogP contribution is 2.51. The van der Waals surface area contributed by atoms with E-state index < -0.39 is 11.3 Å². The number of allylic oxidation sites excluding steroid dienone is 2. The van der Waals surface area contributed by atoms with Crippen LogP contribution in [0.2, 0.25) is 0 Å². The quantitative estimate of drug-likeness (QED) is 0.429. The molecule has 0 radical (unpaired) electrons. The van der Waals surface area contributed by atoms with Crippen molar-refractivity contribution in [2.24, 2.45) is 5.41 Å². The number of benzene rings is 1. The van der Waals surface area contributed by atoms with Gasteiger partial charge >= 0.3 is 0 Å². The normalized spacial score (nSPS) is 20.0. The Balaban J connectivity index is 0.981. The van der Waals surface area contributed by atoms with Gasteiger partial charge in [0.15, 0.2) is 0 Å². The second kappa shape index (κ2) is 10.0. The number of alkyl halides is 2. The summed E-state index contributed by atoms with van der Waals surface area (Å²) in [6, 6.07) is 11.1. The van der Waals surface area contributed by atoms with Gasteiger partial charge < -0.3 is 25.3 Å². The number of halogens is 2. The number of hydrazine groups is 1. The average molecular weight is 565 g/mol. The van der Waals surface area contributed by atoms with E-state index in [0.717, 1.165) is 62.8 Å². The number of hydrogen-bond acceptors (Lipinski definition) is 7. The molecule has 0 unspecified atom stereocenters. The molecule has 2 aromatic rings. The zero-order valence-corrected chi connectivity index (χ0v) is 23.2. The molecule has 0 atom stereocenters. The Morgan fingerprint density at radius 3 is 2.32 bits per heavy atom. The lowest BCUT2D eigenvalue weighted by atomic mass is 9.77. The fourth-order valence-corrected chi connectivity index (χ4v) is 5.79. The van der Waals surface area contributed by atoms with Gasteiger partial charge in [0.05, 0.1) is 11.0 Å². The highest BCUT2D eigenvalue weighted by molar-refractivity contribution is 5.88. The Hall–Kier alpha value is -4.15. The van der Waals surface area contributed by atoms with Gasteiger partial charge in [-0.25, -0.2) is 0 Å². The molecule has 2 amide bonds. The molecule has 41 heavy (non-hydrogen) atoms. The average Bonchev–Trinajstić information content (AvgIpc) is 3.72. The van der Waals surface area contributed by atoms with Crippen molar-refractivity contribution in [3.8, 4) is 0 Å². The van der Waals surface area contributed by atoms with E-state index in [2.05, 4.69) is 38.2 Å². The zero-order chi connectivity index (χ0) is 28.8. The van der Waals surface area contributed by atoms with Crippen molar-refractivity contribution in [1.29, 1.82) is 0 Å². The van der Waals surface area contributed by atoms with E-state index in [-0.39, 0.29) is 29.7 Å². The van der Waals surface area contributed by atoms with Crippen LogP contribution in [0.5, 0.6) is 0 Å². The first-order chi connectivity index (χ1) is 19.6. The number of carbonyl (C=O) groups excluding carboxylic acids is 2. The van der Waals surface area contributed by atoms with Crippen molar-refractivity contribution < 1.29 is 23.1 Å². The Bertz CT molecular complexity index is 1390. The van der Waals surface area contributed by atoms with Gasteiger partial charge in [-0.2, -0.15) is 8.78 Å². The fraction of sp³-hybridized carbons (Fsp3) is 0.433. The lowest BCUT2D eigenvalue weighted by Gasteiger charge is -2.63. The van der Waals surface area contributed by atoms with Gasteiger partial charge in [-0.1, -0.05) is 18.2 Å². The summed E-state index contributed by atoms with van der Waals surface area (Å²) in [4.78, 5) is 33.0. The summed E-state index contributed by atoms with van der Waals surface area (Å²) in [6.07, 6.45) is 7.52. The molecule has 1 saturated carbocycles. The number of rotatable bonds is 9. The fourth-order valence-electron chi connectivity index (χ4n) is 5.79. The van der Waals surface area contributed by atoms with Crippen LogP contribution >= 0.6 is 0 Å². The van der Waals surface area contributed by atoms with Crippen molar-refractivity contribution >= 4 is 17.5 Å². The highest BCUT2D eigenvalue weighted by atomic mass is 19.3. The van der Waals surface area contributed by atoms with Crippen molar-refractivity contribution in [3.05, 3.63) is 83.1 Å². The number of aromatic nitrogens is 1. The summed E-state index contributed by atoms with van der Waals surface area (Å²) in [5.41, 5.74) is 8.78. The van der Waals surface area contributed by atoms with Gasteiger partial charge in [0.1, 0.15) is 12.3 Å². The summed E-state index contributed by atoms with van der Waals surface area (Å²) >= 11 is 0. The summed E-state index contributed by atoms with van der Waals surface area (Å²) in [7, 11) is 0. The predicted molar refractivity (Wildman–Crippen MR) is 148 cm³/mol. The molecule has 4 aliphatic rings. The second-order valence-corrected chi connectivity index (χ2v) is 11.5. The Morgan fingerprint density at radius 1 is 1.05 bits per heavy atom. The standard InChI is InChI=1S/C30H34F2N6O3/c1-20(39)38-14-13-29(38)18-37(19-29)23-6-3-21(4-7-23)15-34-27(40)30(11-12-30)25-9-10-26(36-35-25)41-17-22-5-8-24(33-16-22)28(2,31)32/h3-10,16,35-36H,11-15,17-19H2,1-2H3,(H,34,40). The first kappa shape index (κ1) is 27.0. The summed E-state index contributed by atoms with van der Waals surface area (Å²) in [5.74, 6) is -2.41. The number of pyridine rings is 1. The molecular weight excluding hydrogens is 530 g/mol. The van der Waals surface area contributed by atoms with Crippen LogP contribution in [0, 0.1) is 5.41 Å². The molecule has 2 saturated heterocycles. The Labute approximate surface area is 237 Å². The van der Waals surface area contributed by atoms with E-state index in [4.69, 9.17) is 4.74 Å². The molecule has 6 rings (SSSR count). The summed E-state index contributed by atoms with van der Waals surface area (Å²) in [6.45, 7) is 5.64. The third-order valence-electron chi connectivity index (χ3n) is 8.57. The number of anilines is 1. The molecule has 3 N–H and O–H groups in total. The minimum atomic E-state index is -2.98. The van der Waals surface area contributed by atoms with Gasteiger partial charge in [-0.15, -0.1) is 0 Å². The number of nitrogens with zero attached hydrogens (tertiary/aromatic N) is 3. The molecule has 4 heterocycles. The predicted octanol–water partition coefficient (Wildman–Crippen LogP) is 3.45. The van der Waals surface area contributed by atoms with Crippen LogP contribution in [0.15, 0.2) is 66.3 Å². The van der Waals surface area contributed by atoms with Gasteiger partial charge in [-0.3, -0.25) is 20.0 Å². The minimum absolute atomic E-state index is 0.0246. The molecule has 3 fully saturated rings.